The molecule has 0 saturated carbocycles. The van der Waals surface area contributed by atoms with Gasteiger partial charge in [-0.15, -0.1) is 0 Å². The molecule has 0 amide bonds. The van der Waals surface area contributed by atoms with Crippen molar-refractivity contribution in [2.45, 2.75) is 12.7 Å². The molecule has 1 fully saturated rings. The number of rotatable bonds is 4. The van der Waals surface area contributed by atoms with E-state index in [0.717, 1.165) is 37.6 Å². The summed E-state index contributed by atoms with van der Waals surface area (Å²) in [6.07, 6.45) is -4.30. The number of ether oxygens (including phenoxy) is 1. The molecule has 0 radical (unpaired) electrons. The number of quaternary nitrogens is 1. The molecule has 1 aliphatic rings. The molecule has 0 aliphatic carbocycles. The molecule has 0 aromatic heterocycles. The second-order valence-corrected chi connectivity index (χ2v) is 6.24. The molecule has 2 aromatic carbocycles. The Labute approximate surface area is 145 Å². The highest BCUT2D eigenvalue weighted by molar-refractivity contribution is 5.58. The molecule has 0 atom stereocenters. The third-order valence-corrected chi connectivity index (χ3v) is 4.66. The Balaban J connectivity index is 1.66. The van der Waals surface area contributed by atoms with Gasteiger partial charge in [0.15, 0.2) is 0 Å². The van der Waals surface area contributed by atoms with Crippen molar-refractivity contribution in [3.05, 3.63) is 59.7 Å². The lowest BCUT2D eigenvalue weighted by atomic mass is 10.1. The lowest BCUT2D eigenvalue weighted by Gasteiger charge is -2.34. The molecule has 0 bridgehead atoms. The van der Waals surface area contributed by atoms with Gasteiger partial charge in [0.25, 0.3) is 0 Å². The molecule has 6 heteroatoms. The number of benzene rings is 2. The van der Waals surface area contributed by atoms with Crippen molar-refractivity contribution >= 4 is 5.69 Å². The molecule has 3 nitrogen and oxygen atoms in total. The van der Waals surface area contributed by atoms with Crippen molar-refractivity contribution in [3.63, 3.8) is 0 Å². The summed E-state index contributed by atoms with van der Waals surface area (Å²) in [4.78, 5) is 3.40. The van der Waals surface area contributed by atoms with Gasteiger partial charge in [0.2, 0.25) is 0 Å². The van der Waals surface area contributed by atoms with E-state index in [1.54, 1.807) is 19.2 Å². The van der Waals surface area contributed by atoms with E-state index in [9.17, 15) is 13.2 Å². The van der Waals surface area contributed by atoms with E-state index >= 15 is 0 Å². The van der Waals surface area contributed by atoms with Gasteiger partial charge in [0.05, 0.1) is 44.5 Å². The third kappa shape index (κ3) is 4.07. The van der Waals surface area contributed by atoms with Crippen LogP contribution < -0.4 is 14.5 Å². The van der Waals surface area contributed by atoms with Crippen LogP contribution in [0.2, 0.25) is 0 Å². The van der Waals surface area contributed by atoms with Crippen molar-refractivity contribution in [2.24, 2.45) is 0 Å². The van der Waals surface area contributed by atoms with E-state index in [1.165, 1.54) is 17.0 Å². The fourth-order valence-corrected chi connectivity index (χ4v) is 3.35. The third-order valence-electron chi connectivity index (χ3n) is 4.66. The van der Waals surface area contributed by atoms with Gasteiger partial charge >= 0.3 is 6.18 Å². The van der Waals surface area contributed by atoms with Gasteiger partial charge in [-0.05, 0) is 18.2 Å². The van der Waals surface area contributed by atoms with Crippen LogP contribution in [0.15, 0.2) is 48.5 Å². The van der Waals surface area contributed by atoms with Crippen LogP contribution in [0.25, 0.3) is 0 Å². The van der Waals surface area contributed by atoms with Gasteiger partial charge in [0.1, 0.15) is 12.3 Å². The molecule has 25 heavy (non-hydrogen) atoms. The largest absolute Gasteiger partial charge is 0.495 e. The minimum atomic E-state index is -4.30. The monoisotopic (exact) mass is 351 g/mol. The fourth-order valence-electron chi connectivity index (χ4n) is 3.35. The lowest BCUT2D eigenvalue weighted by molar-refractivity contribution is -0.914. The topological polar surface area (TPSA) is 16.9 Å². The first-order valence-electron chi connectivity index (χ1n) is 8.35. The van der Waals surface area contributed by atoms with Gasteiger partial charge in [-0.25, -0.2) is 0 Å². The number of nitrogens with one attached hydrogen (secondary N) is 1. The van der Waals surface area contributed by atoms with Gasteiger partial charge in [-0.1, -0.05) is 30.3 Å². The Kier molecular flexibility index (Phi) is 5.18. The van der Waals surface area contributed by atoms with Gasteiger partial charge in [0, 0.05) is 5.56 Å². The Morgan fingerprint density at radius 2 is 1.64 bits per heavy atom. The number of anilines is 1. The Bertz CT molecular complexity index is 710. The highest BCUT2D eigenvalue weighted by Crippen LogP contribution is 2.31. The number of nitrogens with zero attached hydrogens (tertiary/aromatic N) is 1. The number of hydrogen-bond acceptors (Lipinski definition) is 2. The van der Waals surface area contributed by atoms with E-state index < -0.39 is 11.7 Å². The smallest absolute Gasteiger partial charge is 0.416 e. The average Bonchev–Trinajstić information content (AvgIpc) is 2.62. The minimum Gasteiger partial charge on any atom is -0.495 e. The molecule has 0 spiro atoms. The maximum Gasteiger partial charge on any atom is 0.416 e. The second-order valence-electron chi connectivity index (χ2n) is 6.24. The van der Waals surface area contributed by atoms with Gasteiger partial charge < -0.3 is 14.5 Å². The molecule has 134 valence electrons. The first-order chi connectivity index (χ1) is 12.0. The zero-order chi connectivity index (χ0) is 17.9. The van der Waals surface area contributed by atoms with E-state index in [0.29, 0.717) is 12.1 Å². The van der Waals surface area contributed by atoms with Gasteiger partial charge in [-0.2, -0.15) is 13.2 Å². The number of methoxy groups -OCH3 is 1. The van der Waals surface area contributed by atoms with Crippen LogP contribution >= 0.6 is 0 Å². The van der Waals surface area contributed by atoms with Crippen LogP contribution in [-0.2, 0) is 12.7 Å². The predicted octanol–water partition coefficient (Wildman–Crippen LogP) is 2.62. The van der Waals surface area contributed by atoms with Crippen molar-refractivity contribution < 1.29 is 22.8 Å². The zero-order valence-electron chi connectivity index (χ0n) is 14.1. The first kappa shape index (κ1) is 17.6. The van der Waals surface area contributed by atoms with Crippen molar-refractivity contribution in [1.82, 2.24) is 0 Å². The van der Waals surface area contributed by atoms with Crippen LogP contribution in [0, 0.1) is 0 Å². The van der Waals surface area contributed by atoms with Crippen LogP contribution in [-0.4, -0.2) is 33.3 Å². The second kappa shape index (κ2) is 7.35. The summed E-state index contributed by atoms with van der Waals surface area (Å²) in [6.45, 7) is 3.58. The Hall–Kier alpha value is -2.21. The molecule has 1 N–H and O–H groups in total. The normalized spacial score (nSPS) is 16.1. The molecule has 1 aliphatic heterocycles. The van der Waals surface area contributed by atoms with E-state index in [1.807, 2.05) is 24.3 Å². The van der Waals surface area contributed by atoms with Crippen LogP contribution in [0.1, 0.15) is 11.1 Å². The summed E-state index contributed by atoms with van der Waals surface area (Å²) in [6, 6.07) is 13.7. The Morgan fingerprint density at radius 3 is 2.32 bits per heavy atom. The maximum atomic E-state index is 13.1. The number of hydrogen-bond donors (Lipinski definition) is 1. The number of halogens is 3. The quantitative estimate of drug-likeness (QED) is 0.912. The highest BCUT2D eigenvalue weighted by atomic mass is 19.4. The molecule has 0 unspecified atom stereocenters. The maximum absolute atomic E-state index is 13.1. The number of para-hydroxylation sites is 2. The zero-order valence-corrected chi connectivity index (χ0v) is 14.1. The molecule has 2 aromatic rings. The van der Waals surface area contributed by atoms with E-state index in [2.05, 4.69) is 4.90 Å². The number of alkyl halides is 3. The van der Waals surface area contributed by atoms with Crippen molar-refractivity contribution in [1.29, 1.82) is 0 Å². The summed E-state index contributed by atoms with van der Waals surface area (Å²) in [5.41, 5.74) is 0.894. The summed E-state index contributed by atoms with van der Waals surface area (Å²) in [7, 11) is 1.65. The fraction of sp³-hybridized carbons (Fsp3) is 0.368. The van der Waals surface area contributed by atoms with Crippen molar-refractivity contribution in [2.75, 3.05) is 38.2 Å². The SMILES string of the molecule is COc1ccccc1N1CC[NH+](Cc2ccccc2C(F)(F)F)CC1. The predicted molar refractivity (Wildman–Crippen MR) is 91.1 cm³/mol. The molecule has 1 saturated heterocycles. The average molecular weight is 351 g/mol. The summed E-state index contributed by atoms with van der Waals surface area (Å²) >= 11 is 0. The molecular weight excluding hydrogens is 329 g/mol. The minimum absolute atomic E-state index is 0.371. The van der Waals surface area contributed by atoms with Crippen LogP contribution in [0.4, 0.5) is 18.9 Å². The lowest BCUT2D eigenvalue weighted by Crippen LogP contribution is -3.13. The van der Waals surface area contributed by atoms with Crippen molar-refractivity contribution in [3.8, 4) is 5.75 Å². The first-order valence-corrected chi connectivity index (χ1v) is 8.35. The van der Waals surface area contributed by atoms with E-state index in [-0.39, 0.29) is 0 Å². The molecular formula is C19H22F3N2O+. The Morgan fingerprint density at radius 1 is 1.00 bits per heavy atom. The summed E-state index contributed by atoms with van der Waals surface area (Å²) in [5, 5.41) is 0. The molecule has 1 heterocycles. The highest BCUT2D eigenvalue weighted by Gasteiger charge is 2.34. The van der Waals surface area contributed by atoms with Gasteiger partial charge in [-0.3, -0.25) is 0 Å². The number of piperazine rings is 1. The van der Waals surface area contributed by atoms with Crippen LogP contribution in [0.3, 0.4) is 0 Å². The molecule has 3 rings (SSSR count). The summed E-state index contributed by atoms with van der Waals surface area (Å²) < 4.78 is 44.8. The van der Waals surface area contributed by atoms with E-state index in [4.69, 9.17) is 4.74 Å². The summed E-state index contributed by atoms with van der Waals surface area (Å²) in [5.74, 6) is 0.827. The van der Waals surface area contributed by atoms with Crippen LogP contribution in [0.5, 0.6) is 5.75 Å². The standard InChI is InChI=1S/C19H21F3N2O/c1-25-18-9-5-4-8-17(18)24-12-10-23(11-13-24)14-15-6-2-3-7-16(15)19(20,21)22/h2-9H,10-14H2,1H3/p+1.